The maximum Gasteiger partial charge on any atom is 0.326 e. The van der Waals surface area contributed by atoms with Crippen LogP contribution in [0.1, 0.15) is 32.1 Å². The Balaban J connectivity index is 2.15. The van der Waals surface area contributed by atoms with Crippen LogP contribution in [-0.4, -0.2) is 52.7 Å². The van der Waals surface area contributed by atoms with E-state index in [1.165, 1.54) is 0 Å². The van der Waals surface area contributed by atoms with Gasteiger partial charge in [0.1, 0.15) is 6.04 Å². The van der Waals surface area contributed by atoms with Crippen LogP contribution in [0.15, 0.2) is 0 Å². The van der Waals surface area contributed by atoms with Crippen LogP contribution in [0.2, 0.25) is 0 Å². The third-order valence-corrected chi connectivity index (χ3v) is 2.79. The van der Waals surface area contributed by atoms with Crippen LogP contribution in [0.3, 0.4) is 0 Å². The van der Waals surface area contributed by atoms with Crippen molar-refractivity contribution in [1.82, 2.24) is 16.0 Å². The van der Waals surface area contributed by atoms with Gasteiger partial charge in [-0.1, -0.05) is 0 Å². The minimum absolute atomic E-state index is 0.0750. The molecule has 1 aliphatic carbocycles. The third-order valence-electron chi connectivity index (χ3n) is 2.79. The van der Waals surface area contributed by atoms with Crippen LogP contribution in [-0.2, 0) is 14.4 Å². The molecule has 9 nitrogen and oxygen atoms in total. The van der Waals surface area contributed by atoms with Crippen LogP contribution >= 0.6 is 0 Å². The van der Waals surface area contributed by atoms with Gasteiger partial charge in [0.15, 0.2) is 0 Å². The lowest BCUT2D eigenvalue weighted by molar-refractivity contribution is -0.145. The highest BCUT2D eigenvalue weighted by molar-refractivity contribution is 5.86. The number of carboxylic acids is 2. The van der Waals surface area contributed by atoms with Crippen molar-refractivity contribution in [2.75, 3.05) is 6.54 Å². The van der Waals surface area contributed by atoms with Crippen molar-refractivity contribution in [2.24, 2.45) is 0 Å². The molecule has 3 amide bonds. The summed E-state index contributed by atoms with van der Waals surface area (Å²) in [6, 6.07) is -1.96. The van der Waals surface area contributed by atoms with Gasteiger partial charge in [-0.25, -0.2) is 9.59 Å². The van der Waals surface area contributed by atoms with Gasteiger partial charge in [-0.15, -0.1) is 0 Å². The zero-order valence-corrected chi connectivity index (χ0v) is 11.4. The Morgan fingerprint density at radius 3 is 2.33 bits per heavy atom. The summed E-state index contributed by atoms with van der Waals surface area (Å²) in [6.07, 6.45) is 2.00. The molecule has 0 saturated heterocycles. The predicted octanol–water partition coefficient (Wildman–Crippen LogP) is -0.728. The first-order valence-corrected chi connectivity index (χ1v) is 6.67. The number of nitrogens with one attached hydrogen (secondary N) is 3. The molecule has 0 aromatic carbocycles. The molecule has 118 valence electrons. The lowest BCUT2D eigenvalue weighted by atomic mass is 10.2. The molecule has 0 aromatic heterocycles. The lowest BCUT2D eigenvalue weighted by Gasteiger charge is -2.13. The lowest BCUT2D eigenvalue weighted by Crippen LogP contribution is -2.47. The zero-order chi connectivity index (χ0) is 15.8. The predicted molar refractivity (Wildman–Crippen MR) is 70.6 cm³/mol. The average molecular weight is 301 g/mol. The first-order chi connectivity index (χ1) is 9.88. The number of carboxylic acid groups (broad SMARTS) is 2. The van der Waals surface area contributed by atoms with E-state index in [2.05, 4.69) is 10.6 Å². The van der Waals surface area contributed by atoms with E-state index in [0.29, 0.717) is 12.5 Å². The van der Waals surface area contributed by atoms with E-state index < -0.39 is 30.4 Å². The quantitative estimate of drug-likeness (QED) is 0.355. The average Bonchev–Trinajstić information content (AvgIpc) is 3.17. The number of aliphatic carboxylic acids is 2. The molecule has 0 spiro atoms. The Hall–Kier alpha value is -2.32. The van der Waals surface area contributed by atoms with Crippen molar-refractivity contribution in [3.05, 3.63) is 0 Å². The van der Waals surface area contributed by atoms with E-state index in [1.54, 1.807) is 0 Å². The van der Waals surface area contributed by atoms with Gasteiger partial charge >= 0.3 is 18.0 Å². The summed E-state index contributed by atoms with van der Waals surface area (Å²) in [4.78, 5) is 43.9. The summed E-state index contributed by atoms with van der Waals surface area (Å²) in [6.45, 7) is 0.198. The Labute approximate surface area is 121 Å². The van der Waals surface area contributed by atoms with E-state index in [1.807, 2.05) is 5.32 Å². The summed E-state index contributed by atoms with van der Waals surface area (Å²) in [5.74, 6) is -2.81. The van der Waals surface area contributed by atoms with Crippen LogP contribution in [0, 0.1) is 0 Å². The zero-order valence-electron chi connectivity index (χ0n) is 11.4. The number of hydrogen-bond acceptors (Lipinski definition) is 4. The molecule has 1 fully saturated rings. The van der Waals surface area contributed by atoms with Gasteiger partial charge in [-0.3, -0.25) is 9.59 Å². The normalized spacial score (nSPS) is 14.9. The van der Waals surface area contributed by atoms with Gasteiger partial charge in [0.2, 0.25) is 5.91 Å². The van der Waals surface area contributed by atoms with E-state index in [-0.39, 0.29) is 18.9 Å². The van der Waals surface area contributed by atoms with Crippen molar-refractivity contribution < 1.29 is 29.4 Å². The molecule has 9 heteroatoms. The molecule has 1 aliphatic rings. The Morgan fingerprint density at radius 1 is 1.14 bits per heavy atom. The number of rotatable bonds is 9. The van der Waals surface area contributed by atoms with Gasteiger partial charge in [0.05, 0.1) is 6.42 Å². The highest BCUT2D eigenvalue weighted by Gasteiger charge is 2.23. The molecule has 0 radical (unpaired) electrons. The molecule has 1 rings (SSSR count). The largest absolute Gasteiger partial charge is 0.481 e. The number of carbonyl (C=O) groups is 4. The van der Waals surface area contributed by atoms with Gasteiger partial charge < -0.3 is 26.2 Å². The first kappa shape index (κ1) is 16.7. The highest BCUT2D eigenvalue weighted by Crippen LogP contribution is 2.18. The van der Waals surface area contributed by atoms with Crippen molar-refractivity contribution in [3.8, 4) is 0 Å². The fourth-order valence-electron chi connectivity index (χ4n) is 1.56. The van der Waals surface area contributed by atoms with Crippen molar-refractivity contribution in [1.29, 1.82) is 0 Å². The van der Waals surface area contributed by atoms with Crippen molar-refractivity contribution in [2.45, 2.75) is 44.2 Å². The van der Waals surface area contributed by atoms with Crippen LogP contribution in [0.4, 0.5) is 4.79 Å². The van der Waals surface area contributed by atoms with Crippen LogP contribution in [0.25, 0.3) is 0 Å². The topological polar surface area (TPSA) is 145 Å². The molecule has 21 heavy (non-hydrogen) atoms. The Kier molecular flexibility index (Phi) is 6.44. The Morgan fingerprint density at radius 2 is 1.81 bits per heavy atom. The summed E-state index contributed by atoms with van der Waals surface area (Å²) >= 11 is 0. The fourth-order valence-corrected chi connectivity index (χ4v) is 1.56. The molecule has 0 heterocycles. The van der Waals surface area contributed by atoms with E-state index >= 15 is 0 Å². The second kappa shape index (κ2) is 8.08. The molecule has 5 N–H and O–H groups in total. The minimum atomic E-state index is -1.49. The Bertz CT molecular complexity index is 421. The maximum atomic E-state index is 11.4. The number of amides is 3. The SMILES string of the molecule is O=C(O)C[C@H](NC(=O)NCCCC(=O)NC1CC1)C(=O)O. The second-order valence-electron chi connectivity index (χ2n) is 4.83. The number of hydrogen-bond donors (Lipinski definition) is 5. The maximum absolute atomic E-state index is 11.4. The number of carbonyl (C=O) groups excluding carboxylic acids is 2. The van der Waals surface area contributed by atoms with Crippen molar-refractivity contribution >= 4 is 23.9 Å². The van der Waals surface area contributed by atoms with Gasteiger partial charge in [-0.2, -0.15) is 0 Å². The third kappa shape index (κ3) is 7.75. The highest BCUT2D eigenvalue weighted by atomic mass is 16.4. The molecule has 1 atom stereocenters. The number of urea groups is 1. The fraction of sp³-hybridized carbons (Fsp3) is 0.667. The molecule has 1 saturated carbocycles. The van der Waals surface area contributed by atoms with Crippen molar-refractivity contribution in [3.63, 3.8) is 0 Å². The minimum Gasteiger partial charge on any atom is -0.481 e. The standard InChI is InChI=1S/C12H19N3O6/c16-9(14-7-3-4-7)2-1-5-13-12(21)15-8(11(19)20)6-10(17)18/h7-8H,1-6H2,(H,14,16)(H,17,18)(H,19,20)(H2,13,15,21)/t8-/m0/s1. The molecule has 0 bridgehead atoms. The second-order valence-corrected chi connectivity index (χ2v) is 4.83. The van der Waals surface area contributed by atoms with E-state index in [4.69, 9.17) is 10.2 Å². The molecule has 0 unspecified atom stereocenters. The van der Waals surface area contributed by atoms with Crippen LogP contribution in [0.5, 0.6) is 0 Å². The summed E-state index contributed by atoms with van der Waals surface area (Å²) in [5.41, 5.74) is 0. The summed E-state index contributed by atoms with van der Waals surface area (Å²) in [5, 5.41) is 24.5. The smallest absolute Gasteiger partial charge is 0.326 e. The van der Waals surface area contributed by atoms with Gasteiger partial charge in [-0.05, 0) is 19.3 Å². The molecular formula is C12H19N3O6. The summed E-state index contributed by atoms with van der Waals surface area (Å²) < 4.78 is 0. The van der Waals surface area contributed by atoms with E-state index in [9.17, 15) is 19.2 Å². The summed E-state index contributed by atoms with van der Waals surface area (Å²) in [7, 11) is 0. The van der Waals surface area contributed by atoms with Crippen LogP contribution < -0.4 is 16.0 Å². The monoisotopic (exact) mass is 301 g/mol. The van der Waals surface area contributed by atoms with Gasteiger partial charge in [0.25, 0.3) is 0 Å². The molecule has 0 aromatic rings. The first-order valence-electron chi connectivity index (χ1n) is 6.67. The van der Waals surface area contributed by atoms with E-state index in [0.717, 1.165) is 12.8 Å². The molecular weight excluding hydrogens is 282 g/mol. The molecule has 0 aliphatic heterocycles. The van der Waals surface area contributed by atoms with Gasteiger partial charge in [0, 0.05) is 19.0 Å².